The molecule has 0 atom stereocenters. The Labute approximate surface area is 137 Å². The van der Waals surface area contributed by atoms with Crippen molar-refractivity contribution < 1.29 is 8.42 Å². The smallest absolute Gasteiger partial charge is 0.232 e. The second kappa shape index (κ2) is 5.10. The van der Waals surface area contributed by atoms with Crippen molar-refractivity contribution in [3.05, 3.63) is 57.4 Å². The summed E-state index contributed by atoms with van der Waals surface area (Å²) in [6.45, 7) is 3.52. The SMILES string of the molecule is Cc1cc(I)ccc1S(=O)(=O)n1c(C)nc2ccccc21. The highest BCUT2D eigenvalue weighted by Gasteiger charge is 2.23. The van der Waals surface area contributed by atoms with Crippen molar-refractivity contribution in [1.82, 2.24) is 8.96 Å². The van der Waals surface area contributed by atoms with Crippen LogP contribution in [0.5, 0.6) is 0 Å². The number of nitrogens with zero attached hydrogens (tertiary/aromatic N) is 2. The fourth-order valence-corrected chi connectivity index (χ4v) is 4.78. The Kier molecular flexibility index (Phi) is 3.53. The highest BCUT2D eigenvalue weighted by molar-refractivity contribution is 14.1. The topological polar surface area (TPSA) is 52.0 Å². The van der Waals surface area contributed by atoms with Gasteiger partial charge in [0.2, 0.25) is 0 Å². The Balaban J connectivity index is 2.33. The van der Waals surface area contributed by atoms with Gasteiger partial charge < -0.3 is 0 Å². The van der Waals surface area contributed by atoms with Gasteiger partial charge in [0.25, 0.3) is 10.0 Å². The predicted octanol–water partition coefficient (Wildman–Crippen LogP) is 3.49. The van der Waals surface area contributed by atoms with Crippen LogP contribution in [0.2, 0.25) is 0 Å². The summed E-state index contributed by atoms with van der Waals surface area (Å²) in [4.78, 5) is 4.65. The monoisotopic (exact) mass is 412 g/mol. The van der Waals surface area contributed by atoms with Crippen LogP contribution in [0.25, 0.3) is 11.0 Å². The van der Waals surface area contributed by atoms with E-state index < -0.39 is 10.0 Å². The largest absolute Gasteiger partial charge is 0.269 e. The quantitative estimate of drug-likeness (QED) is 0.606. The van der Waals surface area contributed by atoms with Crippen molar-refractivity contribution >= 4 is 43.6 Å². The molecule has 0 saturated heterocycles. The average molecular weight is 412 g/mol. The molecule has 0 N–H and O–H groups in total. The van der Waals surface area contributed by atoms with Gasteiger partial charge in [0.05, 0.1) is 15.9 Å². The lowest BCUT2D eigenvalue weighted by Crippen LogP contribution is -2.15. The van der Waals surface area contributed by atoms with Gasteiger partial charge in [-0.3, -0.25) is 0 Å². The van der Waals surface area contributed by atoms with Gasteiger partial charge in [0, 0.05) is 3.57 Å². The first-order valence-corrected chi connectivity index (χ1v) is 8.89. The van der Waals surface area contributed by atoms with Crippen LogP contribution >= 0.6 is 22.6 Å². The molecule has 6 heteroatoms. The minimum absolute atomic E-state index is 0.314. The van der Waals surface area contributed by atoms with Crippen molar-refractivity contribution in [2.24, 2.45) is 0 Å². The Morgan fingerprint density at radius 2 is 1.81 bits per heavy atom. The van der Waals surface area contributed by atoms with E-state index in [2.05, 4.69) is 27.6 Å². The van der Waals surface area contributed by atoms with E-state index in [1.54, 1.807) is 25.1 Å². The van der Waals surface area contributed by atoms with Gasteiger partial charge in [-0.25, -0.2) is 17.4 Å². The van der Waals surface area contributed by atoms with Crippen molar-refractivity contribution in [2.45, 2.75) is 18.7 Å². The summed E-state index contributed by atoms with van der Waals surface area (Å²) < 4.78 is 28.3. The van der Waals surface area contributed by atoms with Gasteiger partial charge >= 0.3 is 0 Å². The Morgan fingerprint density at radius 3 is 2.52 bits per heavy atom. The molecule has 1 heterocycles. The highest BCUT2D eigenvalue weighted by Crippen LogP contribution is 2.25. The van der Waals surface area contributed by atoms with Crippen LogP contribution in [0.4, 0.5) is 0 Å². The number of halogens is 1. The molecule has 0 unspecified atom stereocenters. The maximum absolute atomic E-state index is 13.0. The van der Waals surface area contributed by atoms with Crippen LogP contribution in [-0.4, -0.2) is 17.4 Å². The third-order valence-electron chi connectivity index (χ3n) is 3.33. The summed E-state index contributed by atoms with van der Waals surface area (Å²) in [5.41, 5.74) is 2.02. The standard InChI is InChI=1S/C15H13IN2O2S/c1-10-9-12(16)7-8-15(10)21(19,20)18-11(2)17-13-5-3-4-6-14(13)18/h3-9H,1-2H3. The third-order valence-corrected chi connectivity index (χ3v) is 5.96. The lowest BCUT2D eigenvalue weighted by atomic mass is 10.2. The molecule has 3 aromatic rings. The Morgan fingerprint density at radius 1 is 1.10 bits per heavy atom. The molecule has 0 aliphatic heterocycles. The van der Waals surface area contributed by atoms with Crippen LogP contribution in [0.1, 0.15) is 11.4 Å². The fraction of sp³-hybridized carbons (Fsp3) is 0.133. The average Bonchev–Trinajstić information content (AvgIpc) is 2.74. The van der Waals surface area contributed by atoms with E-state index in [9.17, 15) is 8.42 Å². The second-order valence-corrected chi connectivity index (χ2v) is 7.83. The van der Waals surface area contributed by atoms with Gasteiger partial charge in [-0.15, -0.1) is 0 Å². The van der Waals surface area contributed by atoms with Crippen LogP contribution in [-0.2, 0) is 10.0 Å². The van der Waals surface area contributed by atoms with E-state index in [0.29, 0.717) is 21.8 Å². The molecule has 0 bridgehead atoms. The lowest BCUT2D eigenvalue weighted by Gasteiger charge is -2.11. The maximum atomic E-state index is 13.0. The first-order chi connectivity index (χ1) is 9.91. The van der Waals surface area contributed by atoms with Crippen LogP contribution in [0.3, 0.4) is 0 Å². The van der Waals surface area contributed by atoms with Gasteiger partial charge in [0.15, 0.2) is 0 Å². The van der Waals surface area contributed by atoms with Gasteiger partial charge in [-0.1, -0.05) is 12.1 Å². The van der Waals surface area contributed by atoms with Gasteiger partial charge in [0.1, 0.15) is 5.82 Å². The molecule has 0 aliphatic rings. The number of para-hydroxylation sites is 2. The van der Waals surface area contributed by atoms with E-state index in [1.165, 1.54) is 3.97 Å². The Bertz CT molecular complexity index is 945. The number of fused-ring (bicyclic) bond motifs is 1. The zero-order valence-electron chi connectivity index (χ0n) is 11.5. The Hall–Kier alpha value is -1.41. The van der Waals surface area contributed by atoms with Crippen LogP contribution < -0.4 is 0 Å². The zero-order valence-corrected chi connectivity index (χ0v) is 14.5. The number of hydrogen-bond donors (Lipinski definition) is 0. The summed E-state index contributed by atoms with van der Waals surface area (Å²) in [7, 11) is -3.65. The molecule has 1 aromatic heterocycles. The fourth-order valence-electron chi connectivity index (χ4n) is 2.43. The summed E-state index contributed by atoms with van der Waals surface area (Å²) in [6.07, 6.45) is 0. The molecule has 3 rings (SSSR count). The lowest BCUT2D eigenvalue weighted by molar-refractivity contribution is 0.587. The van der Waals surface area contributed by atoms with Gasteiger partial charge in [-0.05, 0) is 72.3 Å². The van der Waals surface area contributed by atoms with E-state index in [-0.39, 0.29) is 0 Å². The molecular formula is C15H13IN2O2S. The minimum atomic E-state index is -3.65. The van der Waals surface area contributed by atoms with Crippen molar-refractivity contribution in [3.63, 3.8) is 0 Å². The first kappa shape index (κ1) is 14.5. The molecule has 0 aliphatic carbocycles. The molecule has 21 heavy (non-hydrogen) atoms. The van der Waals surface area contributed by atoms with E-state index in [4.69, 9.17) is 0 Å². The number of rotatable bonds is 2. The van der Waals surface area contributed by atoms with Crippen molar-refractivity contribution in [1.29, 1.82) is 0 Å². The van der Waals surface area contributed by atoms with E-state index in [1.807, 2.05) is 31.2 Å². The van der Waals surface area contributed by atoms with Crippen LogP contribution in [0, 0.1) is 17.4 Å². The number of aryl methyl sites for hydroxylation is 2. The number of hydrogen-bond acceptors (Lipinski definition) is 3. The second-order valence-electron chi connectivity index (χ2n) is 4.83. The van der Waals surface area contributed by atoms with E-state index in [0.717, 1.165) is 9.13 Å². The molecule has 0 amide bonds. The van der Waals surface area contributed by atoms with Crippen molar-refractivity contribution in [2.75, 3.05) is 0 Å². The molecule has 0 radical (unpaired) electrons. The zero-order chi connectivity index (χ0) is 15.2. The number of imidazole rings is 1. The summed E-state index contributed by atoms with van der Waals surface area (Å²) >= 11 is 2.17. The summed E-state index contributed by atoms with van der Waals surface area (Å²) in [5.74, 6) is 0.467. The number of benzene rings is 2. The first-order valence-electron chi connectivity index (χ1n) is 6.37. The summed E-state index contributed by atoms with van der Waals surface area (Å²) in [5, 5.41) is 0. The van der Waals surface area contributed by atoms with E-state index >= 15 is 0 Å². The third kappa shape index (κ3) is 2.36. The molecule has 4 nitrogen and oxygen atoms in total. The molecule has 108 valence electrons. The predicted molar refractivity (Wildman–Crippen MR) is 90.9 cm³/mol. The molecule has 2 aromatic carbocycles. The molecule has 0 spiro atoms. The van der Waals surface area contributed by atoms with Gasteiger partial charge in [-0.2, -0.15) is 0 Å². The molecule has 0 fully saturated rings. The van der Waals surface area contributed by atoms with Crippen molar-refractivity contribution in [3.8, 4) is 0 Å². The normalized spacial score (nSPS) is 12.0. The summed E-state index contributed by atoms with van der Waals surface area (Å²) in [6, 6.07) is 12.6. The minimum Gasteiger partial charge on any atom is -0.232 e. The number of aromatic nitrogens is 2. The van der Waals surface area contributed by atoms with Crippen LogP contribution in [0.15, 0.2) is 47.4 Å². The highest BCUT2D eigenvalue weighted by atomic mass is 127. The maximum Gasteiger partial charge on any atom is 0.269 e. The molecule has 0 saturated carbocycles. The molecular weight excluding hydrogens is 399 g/mol.